The zero-order valence-corrected chi connectivity index (χ0v) is 55.7. The van der Waals surface area contributed by atoms with Gasteiger partial charge in [0.05, 0.1) is 0 Å². The molecule has 6 rings (SSSR count). The van der Waals surface area contributed by atoms with Crippen molar-refractivity contribution in [3.05, 3.63) is 140 Å². The summed E-state index contributed by atoms with van der Waals surface area (Å²) in [5.74, 6) is 3.49. The maximum Gasteiger partial charge on any atom is 0.336 e. The summed E-state index contributed by atoms with van der Waals surface area (Å²) in [5.41, 5.74) is 14.1. The van der Waals surface area contributed by atoms with Gasteiger partial charge in [-0.25, -0.2) is 0 Å². The average molecular weight is 1100 g/mol. The smallest absolute Gasteiger partial charge is 0.336 e. The minimum absolute atomic E-state index is 0.0220. The molecule has 0 saturated heterocycles. The van der Waals surface area contributed by atoms with Gasteiger partial charge in [-0.1, -0.05) is 190 Å². The standard InChI is InChI=1S/C68H96O4P2S2/c1-41-33-53(49(65(17,18)19)37-45(41)61(5,6)7)69-73(70-54-34-42(2)46(62(8,9)10)38-50(54)66(20,21)22)59-31-29-57(75-59)58-30-32-60(76-58)74(71-55-35-43(3)47(63(11,12)13)39-51(55)67(23,24)25)72-56-36-44(4)48(64(14,15)16)40-52(56)68(26,27)28/h29-40H,1-28H3. The minimum atomic E-state index is -1.66. The van der Waals surface area contributed by atoms with Gasteiger partial charge in [0.15, 0.2) is 0 Å². The van der Waals surface area contributed by atoms with E-state index in [9.17, 15) is 0 Å². The molecule has 0 aliphatic heterocycles. The zero-order chi connectivity index (χ0) is 57.4. The van der Waals surface area contributed by atoms with Gasteiger partial charge in [-0.2, -0.15) is 0 Å². The summed E-state index contributed by atoms with van der Waals surface area (Å²) >= 11 is 3.51. The molecule has 76 heavy (non-hydrogen) atoms. The van der Waals surface area contributed by atoms with Gasteiger partial charge in [0, 0.05) is 32.0 Å². The van der Waals surface area contributed by atoms with Gasteiger partial charge in [-0.3, -0.25) is 0 Å². The molecule has 0 aliphatic carbocycles. The molecule has 0 amide bonds. The van der Waals surface area contributed by atoms with E-state index in [1.807, 2.05) is 0 Å². The first-order valence-electron chi connectivity index (χ1n) is 27.5. The second kappa shape index (κ2) is 21.4. The van der Waals surface area contributed by atoms with Crippen LogP contribution in [0.4, 0.5) is 0 Å². The summed E-state index contributed by atoms with van der Waals surface area (Å²) < 4.78 is 31.8. The molecule has 0 fully saturated rings. The van der Waals surface area contributed by atoms with E-state index in [1.165, 1.54) is 66.8 Å². The Hall–Kier alpha value is -3.66. The van der Waals surface area contributed by atoms with Crippen LogP contribution < -0.4 is 27.3 Å². The summed E-state index contributed by atoms with van der Waals surface area (Å²) in [6.07, 6.45) is 0. The molecule has 414 valence electrons. The molecule has 2 heterocycles. The monoisotopic (exact) mass is 1100 g/mol. The van der Waals surface area contributed by atoms with Crippen LogP contribution in [0.2, 0.25) is 0 Å². The van der Waals surface area contributed by atoms with Crippen molar-refractivity contribution in [3.63, 3.8) is 0 Å². The number of hydrogen-bond donors (Lipinski definition) is 0. The molecule has 0 atom stereocenters. The molecule has 0 aliphatic rings. The first-order chi connectivity index (χ1) is 34.3. The summed E-state index contributed by atoms with van der Waals surface area (Å²) in [5, 5.41) is 0. The number of benzene rings is 4. The number of rotatable bonds is 11. The third-order valence-corrected chi connectivity index (χ3v) is 20.2. The highest BCUT2D eigenvalue weighted by molar-refractivity contribution is 7.66. The van der Waals surface area contributed by atoms with Crippen molar-refractivity contribution in [3.8, 4) is 32.8 Å². The van der Waals surface area contributed by atoms with Gasteiger partial charge >= 0.3 is 16.8 Å². The Morgan fingerprint density at radius 2 is 0.447 bits per heavy atom. The molecule has 0 unspecified atom stereocenters. The van der Waals surface area contributed by atoms with Crippen molar-refractivity contribution < 1.29 is 18.1 Å². The van der Waals surface area contributed by atoms with Crippen molar-refractivity contribution in [2.45, 2.75) is 237 Å². The van der Waals surface area contributed by atoms with Crippen molar-refractivity contribution in [2.24, 2.45) is 0 Å². The highest BCUT2D eigenvalue weighted by Crippen LogP contribution is 2.53. The Labute approximate surface area is 473 Å². The van der Waals surface area contributed by atoms with Gasteiger partial charge in [0.25, 0.3) is 0 Å². The molecule has 0 radical (unpaired) electrons. The third-order valence-electron chi connectivity index (χ3n) is 14.3. The molecule has 0 N–H and O–H groups in total. The van der Waals surface area contributed by atoms with Crippen LogP contribution in [0.5, 0.6) is 23.0 Å². The van der Waals surface area contributed by atoms with E-state index in [2.05, 4.69) is 267 Å². The average Bonchev–Trinajstić information content (AvgIpc) is 3.91. The predicted octanol–water partition coefficient (Wildman–Crippen LogP) is 21.3. The van der Waals surface area contributed by atoms with Gasteiger partial charge in [-0.15, -0.1) is 22.7 Å². The van der Waals surface area contributed by atoms with Gasteiger partial charge in [0.1, 0.15) is 32.2 Å². The fourth-order valence-corrected chi connectivity index (χ4v) is 15.7. The summed E-state index contributed by atoms with van der Waals surface area (Å²) in [7, 11) is -3.32. The second-order valence-corrected chi connectivity index (χ2v) is 35.3. The SMILES string of the molecule is Cc1cc(OP(Oc2cc(C)c(C(C)(C)C)cc2C(C)(C)C)c2ccc(-c3ccc(P(Oc4cc(C)c(C(C)(C)C)cc4C(C)(C)C)Oc4cc(C)c(C(C)(C)C)cc4C(C)(C)C)s3)s2)c(C(C)(C)C)cc1C(C)(C)C. The fourth-order valence-electron chi connectivity index (χ4n) is 10.3. The van der Waals surface area contributed by atoms with Crippen LogP contribution in [-0.2, 0) is 43.3 Å². The van der Waals surface area contributed by atoms with Crippen molar-refractivity contribution in [1.29, 1.82) is 0 Å². The van der Waals surface area contributed by atoms with Crippen LogP contribution in [0, 0.1) is 27.7 Å². The van der Waals surface area contributed by atoms with Crippen molar-refractivity contribution in [2.75, 3.05) is 0 Å². The molecule has 6 aromatic rings. The van der Waals surface area contributed by atoms with Crippen molar-refractivity contribution in [1.82, 2.24) is 0 Å². The van der Waals surface area contributed by atoms with E-state index in [-0.39, 0.29) is 43.3 Å². The third kappa shape index (κ3) is 14.2. The molecule has 2 aromatic heterocycles. The second-order valence-electron chi connectivity index (χ2n) is 29.8. The van der Waals surface area contributed by atoms with E-state index < -0.39 is 16.8 Å². The highest BCUT2D eigenvalue weighted by atomic mass is 32.1. The van der Waals surface area contributed by atoms with Crippen LogP contribution in [0.1, 0.15) is 233 Å². The fraction of sp³-hybridized carbons (Fsp3) is 0.529. The van der Waals surface area contributed by atoms with E-state index in [0.717, 1.165) is 42.0 Å². The molecule has 4 nitrogen and oxygen atoms in total. The first-order valence-corrected chi connectivity index (χ1v) is 31.5. The van der Waals surface area contributed by atoms with Crippen LogP contribution in [0.3, 0.4) is 0 Å². The van der Waals surface area contributed by atoms with Gasteiger partial charge in [0.2, 0.25) is 0 Å². The van der Waals surface area contributed by atoms with Gasteiger partial charge in [-0.05, 0) is 164 Å². The Kier molecular flexibility index (Phi) is 17.4. The lowest BCUT2D eigenvalue weighted by atomic mass is 9.78. The Balaban J connectivity index is 1.53. The highest BCUT2D eigenvalue weighted by Gasteiger charge is 2.35. The molecule has 0 saturated carbocycles. The topological polar surface area (TPSA) is 36.9 Å². The summed E-state index contributed by atoms with van der Waals surface area (Å²) in [6.45, 7) is 63.8. The molecule has 0 bridgehead atoms. The summed E-state index contributed by atoms with van der Waals surface area (Å²) in [6, 6.07) is 27.5. The molecular weight excluding hydrogens is 1010 g/mol. The molecule has 4 aromatic carbocycles. The van der Waals surface area contributed by atoms with Crippen LogP contribution in [-0.4, -0.2) is 0 Å². The Bertz CT molecular complexity index is 2680. The quantitative estimate of drug-likeness (QED) is 0.121. The van der Waals surface area contributed by atoms with Crippen molar-refractivity contribution >= 4 is 48.7 Å². The van der Waals surface area contributed by atoms with E-state index in [0.29, 0.717) is 0 Å². The lowest BCUT2D eigenvalue weighted by Crippen LogP contribution is -2.20. The summed E-state index contributed by atoms with van der Waals surface area (Å²) in [4.78, 5) is 2.29. The number of aryl methyl sites for hydroxylation is 4. The number of thiophene rings is 2. The molecule has 8 heteroatoms. The minimum Gasteiger partial charge on any atom is -0.434 e. The Morgan fingerprint density at radius 3 is 0.618 bits per heavy atom. The maximum atomic E-state index is 7.42. The normalized spacial score (nSPS) is 13.5. The first kappa shape index (κ1) is 61.6. The largest absolute Gasteiger partial charge is 0.434 e. The zero-order valence-electron chi connectivity index (χ0n) is 52.3. The molecular formula is C68H96O4P2S2. The van der Waals surface area contributed by atoms with Crippen LogP contribution in [0.25, 0.3) is 9.75 Å². The predicted molar refractivity (Wildman–Crippen MR) is 338 cm³/mol. The molecule has 0 spiro atoms. The van der Waals surface area contributed by atoms with Crippen LogP contribution >= 0.6 is 39.4 Å². The maximum absolute atomic E-state index is 7.42. The van der Waals surface area contributed by atoms with E-state index in [4.69, 9.17) is 18.1 Å². The lowest BCUT2D eigenvalue weighted by molar-refractivity contribution is 0.464. The number of hydrogen-bond acceptors (Lipinski definition) is 6. The van der Waals surface area contributed by atoms with E-state index in [1.54, 1.807) is 22.7 Å². The Morgan fingerprint density at radius 1 is 0.263 bits per heavy atom. The van der Waals surface area contributed by atoms with Crippen LogP contribution in [0.15, 0.2) is 72.8 Å². The lowest BCUT2D eigenvalue weighted by Gasteiger charge is -2.32. The van der Waals surface area contributed by atoms with Gasteiger partial charge < -0.3 is 18.1 Å². The van der Waals surface area contributed by atoms with E-state index >= 15 is 0 Å².